The fourth-order valence-electron chi connectivity index (χ4n) is 3.48. The number of methoxy groups -OCH3 is 1. The van der Waals surface area contributed by atoms with E-state index >= 15 is 0 Å². The van der Waals surface area contributed by atoms with Crippen LogP contribution >= 0.6 is 11.3 Å². The molecule has 1 aliphatic heterocycles. The van der Waals surface area contributed by atoms with Gasteiger partial charge in [-0.3, -0.25) is 14.6 Å². The van der Waals surface area contributed by atoms with Crippen molar-refractivity contribution in [2.45, 2.75) is 6.92 Å². The van der Waals surface area contributed by atoms with Gasteiger partial charge in [-0.15, -0.1) is 0 Å². The molecule has 3 aromatic rings. The van der Waals surface area contributed by atoms with E-state index in [1.54, 1.807) is 12.0 Å². The third-order valence-electron chi connectivity index (χ3n) is 5.22. The van der Waals surface area contributed by atoms with Gasteiger partial charge in [-0.25, -0.2) is 9.37 Å². The Labute approximate surface area is 178 Å². The summed E-state index contributed by atoms with van der Waals surface area (Å²) in [5.74, 6) is 0.117. The Balaban J connectivity index is 1.68. The lowest BCUT2D eigenvalue weighted by atomic mass is 10.2. The maximum Gasteiger partial charge on any atom is 0.260 e. The predicted octanol–water partition coefficient (Wildman–Crippen LogP) is 3.73. The minimum Gasteiger partial charge on any atom is -0.494 e. The molecule has 1 fully saturated rings. The van der Waals surface area contributed by atoms with Crippen molar-refractivity contribution >= 4 is 32.6 Å². The highest BCUT2D eigenvalue weighted by molar-refractivity contribution is 7.22. The van der Waals surface area contributed by atoms with Crippen molar-refractivity contribution < 1.29 is 18.7 Å². The van der Waals surface area contributed by atoms with Gasteiger partial charge >= 0.3 is 0 Å². The Morgan fingerprint density at radius 3 is 2.67 bits per heavy atom. The molecule has 6 nitrogen and oxygen atoms in total. The van der Waals surface area contributed by atoms with Gasteiger partial charge < -0.3 is 9.47 Å². The SMILES string of the molecule is COc1ccc(C)c2sc(N(CCN3CCOCC3)C(=O)c3ccc(F)cc3)nc12. The molecule has 8 heteroatoms. The number of ether oxygens (including phenoxy) is 2. The van der Waals surface area contributed by atoms with Crippen molar-refractivity contribution in [3.63, 3.8) is 0 Å². The monoisotopic (exact) mass is 429 g/mol. The van der Waals surface area contributed by atoms with Crippen LogP contribution in [0, 0.1) is 12.7 Å². The van der Waals surface area contributed by atoms with Gasteiger partial charge in [0.1, 0.15) is 17.1 Å². The van der Waals surface area contributed by atoms with Crippen LogP contribution in [0.4, 0.5) is 9.52 Å². The van der Waals surface area contributed by atoms with E-state index in [1.807, 2.05) is 19.1 Å². The lowest BCUT2D eigenvalue weighted by molar-refractivity contribution is 0.0391. The van der Waals surface area contributed by atoms with Crippen molar-refractivity contribution in [1.82, 2.24) is 9.88 Å². The standard InChI is InChI=1S/C22H24FN3O3S/c1-15-3-8-18(28-2)19-20(15)30-22(24-19)26(10-9-25-11-13-29-14-12-25)21(27)16-4-6-17(23)7-5-16/h3-8H,9-14H2,1-2H3. The van der Waals surface area contributed by atoms with Gasteiger partial charge in [0.2, 0.25) is 0 Å². The summed E-state index contributed by atoms with van der Waals surface area (Å²) in [6, 6.07) is 9.51. The van der Waals surface area contributed by atoms with Gasteiger partial charge in [-0.2, -0.15) is 0 Å². The molecule has 4 rings (SSSR count). The first-order valence-corrected chi connectivity index (χ1v) is 10.7. The molecule has 1 aliphatic rings. The highest BCUT2D eigenvalue weighted by atomic mass is 32.1. The fraction of sp³-hybridized carbons (Fsp3) is 0.364. The summed E-state index contributed by atoms with van der Waals surface area (Å²) in [7, 11) is 1.61. The Morgan fingerprint density at radius 2 is 1.97 bits per heavy atom. The number of anilines is 1. The maximum absolute atomic E-state index is 13.4. The van der Waals surface area contributed by atoms with Crippen molar-refractivity contribution in [3.8, 4) is 5.75 Å². The van der Waals surface area contributed by atoms with Crippen LogP contribution in [0.2, 0.25) is 0 Å². The molecule has 2 heterocycles. The van der Waals surface area contributed by atoms with Gasteiger partial charge in [0.15, 0.2) is 5.13 Å². The average molecular weight is 430 g/mol. The number of benzene rings is 2. The molecule has 0 aliphatic carbocycles. The number of rotatable bonds is 6. The number of halogens is 1. The number of nitrogens with zero attached hydrogens (tertiary/aromatic N) is 3. The lowest BCUT2D eigenvalue weighted by Gasteiger charge is -2.29. The number of aryl methyl sites for hydroxylation is 1. The van der Waals surface area contributed by atoms with E-state index in [0.717, 1.165) is 28.9 Å². The molecule has 0 radical (unpaired) electrons. The number of morpholine rings is 1. The average Bonchev–Trinajstić information content (AvgIpc) is 3.21. The Bertz CT molecular complexity index is 1030. The Kier molecular flexibility index (Phi) is 6.26. The van der Waals surface area contributed by atoms with Crippen LogP contribution in [0.25, 0.3) is 10.2 Å². The molecule has 158 valence electrons. The highest BCUT2D eigenvalue weighted by Crippen LogP contribution is 2.36. The number of hydrogen-bond acceptors (Lipinski definition) is 6. The van der Waals surface area contributed by atoms with Crippen LogP contribution in [0.5, 0.6) is 5.75 Å². The molecule has 2 aromatic carbocycles. The largest absolute Gasteiger partial charge is 0.494 e. The smallest absolute Gasteiger partial charge is 0.260 e. The molecule has 0 N–H and O–H groups in total. The van der Waals surface area contributed by atoms with E-state index < -0.39 is 0 Å². The quantitative estimate of drug-likeness (QED) is 0.598. The van der Waals surface area contributed by atoms with E-state index in [4.69, 9.17) is 14.5 Å². The summed E-state index contributed by atoms with van der Waals surface area (Å²) in [6.45, 7) is 6.28. The number of carbonyl (C=O) groups excluding carboxylic acids is 1. The van der Waals surface area contributed by atoms with Crippen molar-refractivity contribution in [3.05, 3.63) is 53.3 Å². The van der Waals surface area contributed by atoms with Gasteiger partial charge in [0.25, 0.3) is 5.91 Å². The first kappa shape index (κ1) is 20.7. The number of amides is 1. The molecule has 0 bridgehead atoms. The summed E-state index contributed by atoms with van der Waals surface area (Å²) >= 11 is 1.47. The van der Waals surface area contributed by atoms with Crippen molar-refractivity contribution in [2.75, 3.05) is 51.4 Å². The zero-order chi connectivity index (χ0) is 21.1. The van der Waals surface area contributed by atoms with Crippen LogP contribution in [0.15, 0.2) is 36.4 Å². The second-order valence-corrected chi connectivity index (χ2v) is 8.15. The summed E-state index contributed by atoms with van der Waals surface area (Å²) in [6.07, 6.45) is 0. The number of carbonyl (C=O) groups is 1. The first-order chi connectivity index (χ1) is 14.6. The highest BCUT2D eigenvalue weighted by Gasteiger charge is 2.24. The molecule has 1 amide bonds. The minimum absolute atomic E-state index is 0.195. The molecular weight excluding hydrogens is 405 g/mol. The van der Waals surface area contributed by atoms with Crippen LogP contribution in [-0.2, 0) is 4.74 Å². The number of aromatic nitrogens is 1. The van der Waals surface area contributed by atoms with Crippen molar-refractivity contribution in [2.24, 2.45) is 0 Å². The van der Waals surface area contributed by atoms with Gasteiger partial charge in [-0.1, -0.05) is 17.4 Å². The summed E-state index contributed by atoms with van der Waals surface area (Å²) in [4.78, 5) is 22.1. The number of fused-ring (bicyclic) bond motifs is 1. The molecule has 30 heavy (non-hydrogen) atoms. The predicted molar refractivity (Wildman–Crippen MR) is 116 cm³/mol. The normalized spacial score (nSPS) is 14.8. The van der Waals surface area contributed by atoms with Crippen LogP contribution in [-0.4, -0.2) is 62.3 Å². The van der Waals surface area contributed by atoms with Crippen LogP contribution in [0.3, 0.4) is 0 Å². The Hall–Kier alpha value is -2.55. The second-order valence-electron chi connectivity index (χ2n) is 7.18. The summed E-state index contributed by atoms with van der Waals surface area (Å²) in [5.41, 5.74) is 2.26. The maximum atomic E-state index is 13.4. The molecule has 1 saturated heterocycles. The van der Waals surface area contributed by atoms with E-state index in [0.29, 0.717) is 42.7 Å². The third kappa shape index (κ3) is 4.30. The van der Waals surface area contributed by atoms with E-state index in [-0.39, 0.29) is 11.7 Å². The van der Waals surface area contributed by atoms with Gasteiger partial charge in [0.05, 0.1) is 25.0 Å². The number of thiazole rings is 1. The topological polar surface area (TPSA) is 54.9 Å². The zero-order valence-electron chi connectivity index (χ0n) is 17.1. The minimum atomic E-state index is -0.369. The number of hydrogen-bond donors (Lipinski definition) is 0. The van der Waals surface area contributed by atoms with E-state index in [2.05, 4.69) is 4.90 Å². The first-order valence-electron chi connectivity index (χ1n) is 9.88. The Morgan fingerprint density at radius 1 is 1.23 bits per heavy atom. The summed E-state index contributed by atoms with van der Waals surface area (Å²) < 4.78 is 25.2. The summed E-state index contributed by atoms with van der Waals surface area (Å²) in [5, 5.41) is 0.611. The molecule has 1 aromatic heterocycles. The fourth-order valence-corrected chi connectivity index (χ4v) is 4.55. The third-order valence-corrected chi connectivity index (χ3v) is 6.44. The lowest BCUT2D eigenvalue weighted by Crippen LogP contribution is -2.43. The molecule has 0 saturated carbocycles. The molecular formula is C22H24FN3O3S. The molecule has 0 atom stereocenters. The van der Waals surface area contributed by atoms with Gasteiger partial charge in [-0.05, 0) is 42.8 Å². The second kappa shape index (κ2) is 9.07. The van der Waals surface area contributed by atoms with Gasteiger partial charge in [0, 0.05) is 31.7 Å². The van der Waals surface area contributed by atoms with E-state index in [1.165, 1.54) is 35.6 Å². The molecule has 0 unspecified atom stereocenters. The van der Waals surface area contributed by atoms with Crippen molar-refractivity contribution in [1.29, 1.82) is 0 Å². The molecule has 0 spiro atoms. The van der Waals surface area contributed by atoms with Crippen LogP contribution in [0.1, 0.15) is 15.9 Å². The van der Waals surface area contributed by atoms with Crippen LogP contribution < -0.4 is 9.64 Å². The zero-order valence-corrected chi connectivity index (χ0v) is 17.9. The van der Waals surface area contributed by atoms with E-state index in [9.17, 15) is 9.18 Å².